The van der Waals surface area contributed by atoms with Crippen LogP contribution in [-0.4, -0.2) is 35.8 Å². The molecule has 0 radical (unpaired) electrons. The summed E-state index contributed by atoms with van der Waals surface area (Å²) in [6.07, 6.45) is 4.23. The lowest BCUT2D eigenvalue weighted by molar-refractivity contribution is -0.160. The Morgan fingerprint density at radius 1 is 0.939 bits per heavy atom. The normalized spacial score (nSPS) is 21.5. The van der Waals surface area contributed by atoms with Gasteiger partial charge in [0.2, 0.25) is 0 Å². The Hall–Kier alpha value is -3.28. The number of likely N-dealkylation sites (tertiary alicyclic amines) is 1. The van der Waals surface area contributed by atoms with Crippen LogP contribution in [0.1, 0.15) is 35.6 Å². The number of hydrogen-bond donors (Lipinski definition) is 1. The maximum absolute atomic E-state index is 6.78. The highest BCUT2D eigenvalue weighted by molar-refractivity contribution is 5.68. The maximum atomic E-state index is 6.78. The highest BCUT2D eigenvalue weighted by Crippen LogP contribution is 2.48. The zero-order chi connectivity index (χ0) is 22.3. The zero-order valence-corrected chi connectivity index (χ0v) is 18.9. The third kappa shape index (κ3) is 3.67. The van der Waals surface area contributed by atoms with Gasteiger partial charge >= 0.3 is 0 Å². The van der Waals surface area contributed by atoms with Crippen LogP contribution < -0.4 is 14.9 Å². The molecule has 1 fully saturated rings. The average molecular weight is 440 g/mol. The number of piperidine rings is 1. The summed E-state index contributed by atoms with van der Waals surface area (Å²) in [4.78, 5) is 2.54. The van der Waals surface area contributed by atoms with Gasteiger partial charge in [-0.25, -0.2) is 0 Å². The van der Waals surface area contributed by atoms with Crippen LogP contribution in [0.5, 0.6) is 11.5 Å². The Morgan fingerprint density at radius 2 is 1.67 bits per heavy atom. The molecule has 3 heterocycles. The largest absolute Gasteiger partial charge is 0.497 e. The van der Waals surface area contributed by atoms with Crippen LogP contribution in [0.15, 0.2) is 84.9 Å². The maximum Gasteiger partial charge on any atom is 0.182 e. The van der Waals surface area contributed by atoms with Crippen LogP contribution in [-0.2, 0) is 6.54 Å². The Kier molecular flexibility index (Phi) is 5.08. The molecule has 0 bridgehead atoms. The highest BCUT2D eigenvalue weighted by atomic mass is 16.5. The van der Waals surface area contributed by atoms with Gasteiger partial charge in [-0.05, 0) is 47.5 Å². The molecule has 0 saturated carbocycles. The van der Waals surface area contributed by atoms with E-state index in [-0.39, 0.29) is 11.8 Å². The summed E-state index contributed by atoms with van der Waals surface area (Å²) in [5, 5.41) is 2.36. The van der Waals surface area contributed by atoms with Gasteiger partial charge in [0, 0.05) is 38.0 Å². The quantitative estimate of drug-likeness (QED) is 0.620. The SMILES string of the molecule is COc1ccc(C2=CC3c4ccccc4OC4(CCN(Cc5ccccc5)CC4)N3N2)cc1. The van der Waals surface area contributed by atoms with Crippen LogP contribution >= 0.6 is 0 Å². The van der Waals surface area contributed by atoms with Gasteiger partial charge in [0.15, 0.2) is 5.72 Å². The van der Waals surface area contributed by atoms with Gasteiger partial charge in [-0.1, -0.05) is 48.5 Å². The van der Waals surface area contributed by atoms with E-state index in [1.165, 1.54) is 11.1 Å². The molecule has 1 unspecified atom stereocenters. The van der Waals surface area contributed by atoms with Gasteiger partial charge < -0.3 is 14.9 Å². The summed E-state index contributed by atoms with van der Waals surface area (Å²) in [7, 11) is 1.70. The van der Waals surface area contributed by atoms with E-state index in [1.807, 2.05) is 12.1 Å². The van der Waals surface area contributed by atoms with E-state index in [9.17, 15) is 0 Å². The van der Waals surface area contributed by atoms with E-state index in [4.69, 9.17) is 9.47 Å². The monoisotopic (exact) mass is 439 g/mol. The van der Waals surface area contributed by atoms with Crippen LogP contribution in [0.3, 0.4) is 0 Å². The van der Waals surface area contributed by atoms with Crippen molar-refractivity contribution in [1.82, 2.24) is 15.3 Å². The van der Waals surface area contributed by atoms with Crippen LogP contribution in [0.25, 0.3) is 5.70 Å². The van der Waals surface area contributed by atoms with Crippen LogP contribution in [0.4, 0.5) is 0 Å². The molecule has 0 amide bonds. The zero-order valence-electron chi connectivity index (χ0n) is 18.9. The number of hydrazine groups is 1. The van der Waals surface area contributed by atoms with Gasteiger partial charge in [0.05, 0.1) is 18.8 Å². The second-order valence-corrected chi connectivity index (χ2v) is 9.08. The fourth-order valence-electron chi connectivity index (χ4n) is 5.30. The molecule has 0 aliphatic carbocycles. The molecule has 3 aromatic carbocycles. The summed E-state index contributed by atoms with van der Waals surface area (Å²) in [5.41, 5.74) is 8.21. The molecular formula is C28H29N3O2. The van der Waals surface area contributed by atoms with Crippen molar-refractivity contribution in [3.63, 3.8) is 0 Å². The van der Waals surface area contributed by atoms with Crippen molar-refractivity contribution in [3.05, 3.63) is 102 Å². The first-order valence-corrected chi connectivity index (χ1v) is 11.7. The number of nitrogens with zero attached hydrogens (tertiary/aromatic N) is 2. The minimum atomic E-state index is -0.364. The minimum absolute atomic E-state index is 0.146. The first kappa shape index (κ1) is 20.3. The van der Waals surface area contributed by atoms with Gasteiger partial charge in [-0.15, -0.1) is 0 Å². The molecule has 1 saturated heterocycles. The molecule has 1 N–H and O–H groups in total. The smallest absolute Gasteiger partial charge is 0.182 e. The highest BCUT2D eigenvalue weighted by Gasteiger charge is 2.51. The number of rotatable bonds is 4. The van der Waals surface area contributed by atoms with Crippen molar-refractivity contribution >= 4 is 5.70 Å². The molecule has 1 spiro atoms. The van der Waals surface area contributed by atoms with Crippen LogP contribution in [0, 0.1) is 0 Å². The second-order valence-electron chi connectivity index (χ2n) is 9.08. The van der Waals surface area contributed by atoms with Crippen molar-refractivity contribution in [3.8, 4) is 11.5 Å². The molecule has 1 atom stereocenters. The Morgan fingerprint density at radius 3 is 2.42 bits per heavy atom. The first-order valence-electron chi connectivity index (χ1n) is 11.7. The third-order valence-electron chi connectivity index (χ3n) is 7.11. The van der Waals surface area contributed by atoms with Gasteiger partial charge in [0.1, 0.15) is 11.5 Å². The summed E-state index contributed by atoms with van der Waals surface area (Å²) < 4.78 is 12.1. The van der Waals surface area contributed by atoms with E-state index in [1.54, 1.807) is 7.11 Å². The second kappa shape index (κ2) is 8.25. The number of fused-ring (bicyclic) bond motifs is 4. The lowest BCUT2D eigenvalue weighted by atomic mass is 9.92. The lowest BCUT2D eigenvalue weighted by Gasteiger charge is -2.51. The van der Waals surface area contributed by atoms with Crippen LogP contribution in [0.2, 0.25) is 0 Å². The molecule has 6 rings (SSSR count). The van der Waals surface area contributed by atoms with Crippen molar-refractivity contribution in [2.24, 2.45) is 0 Å². The molecule has 0 aromatic heterocycles. The van der Waals surface area contributed by atoms with Gasteiger partial charge in [0.25, 0.3) is 0 Å². The van der Waals surface area contributed by atoms with E-state index >= 15 is 0 Å². The van der Waals surface area contributed by atoms with Gasteiger partial charge in [-0.2, -0.15) is 5.01 Å². The van der Waals surface area contributed by atoms with E-state index in [0.717, 1.165) is 55.2 Å². The minimum Gasteiger partial charge on any atom is -0.497 e. The predicted molar refractivity (Wildman–Crippen MR) is 129 cm³/mol. The number of nitrogens with one attached hydrogen (secondary N) is 1. The van der Waals surface area contributed by atoms with E-state index in [0.29, 0.717) is 0 Å². The molecule has 3 aliphatic rings. The van der Waals surface area contributed by atoms with Gasteiger partial charge in [-0.3, -0.25) is 4.90 Å². The Balaban J connectivity index is 1.27. The number of ether oxygens (including phenoxy) is 2. The molecule has 33 heavy (non-hydrogen) atoms. The number of benzene rings is 3. The average Bonchev–Trinajstić information content (AvgIpc) is 3.33. The number of hydrogen-bond acceptors (Lipinski definition) is 5. The molecule has 5 nitrogen and oxygen atoms in total. The van der Waals surface area contributed by atoms with Crippen molar-refractivity contribution in [1.29, 1.82) is 0 Å². The summed E-state index contributed by atoms with van der Waals surface area (Å²) >= 11 is 0. The fraction of sp³-hybridized carbons (Fsp3) is 0.286. The first-order chi connectivity index (χ1) is 16.2. The van der Waals surface area contributed by atoms with Crippen molar-refractivity contribution in [2.45, 2.75) is 31.2 Å². The summed E-state index contributed by atoms with van der Waals surface area (Å²) in [5.74, 6) is 1.87. The van der Waals surface area contributed by atoms with Crippen molar-refractivity contribution in [2.75, 3.05) is 20.2 Å². The third-order valence-corrected chi connectivity index (χ3v) is 7.11. The predicted octanol–water partition coefficient (Wildman–Crippen LogP) is 4.98. The topological polar surface area (TPSA) is 37.0 Å². The molecule has 3 aliphatic heterocycles. The lowest BCUT2D eigenvalue weighted by Crippen LogP contribution is -2.63. The Labute approximate surface area is 195 Å². The number of methoxy groups -OCH3 is 1. The standard InChI is InChI=1S/C28H29N3O2/c1-32-23-13-11-22(12-14-23)25-19-26-24-9-5-6-10-27(24)33-28(31(26)29-25)15-17-30(18-16-28)20-21-7-3-2-4-8-21/h2-14,19,26,29H,15-18,20H2,1H3. The summed E-state index contributed by atoms with van der Waals surface area (Å²) in [6, 6.07) is 27.6. The van der Waals surface area contributed by atoms with E-state index < -0.39 is 0 Å². The molecule has 3 aromatic rings. The molecule has 5 heteroatoms. The fourth-order valence-corrected chi connectivity index (χ4v) is 5.30. The summed E-state index contributed by atoms with van der Waals surface area (Å²) in [6.45, 7) is 2.99. The Bertz CT molecular complexity index is 1150. The molecular weight excluding hydrogens is 410 g/mol. The molecule has 168 valence electrons. The van der Waals surface area contributed by atoms with Crippen molar-refractivity contribution < 1.29 is 9.47 Å². The number of para-hydroxylation sites is 1. The van der Waals surface area contributed by atoms with E-state index in [2.05, 4.69) is 88.1 Å².